The van der Waals surface area contributed by atoms with Gasteiger partial charge in [-0.3, -0.25) is 4.79 Å². The number of carbonyl (C=O) groups excluding carboxylic acids is 1. The maximum Gasteiger partial charge on any atom is 0.270 e. The molecule has 24 heavy (non-hydrogen) atoms. The topological polar surface area (TPSA) is 83.1 Å². The smallest absolute Gasteiger partial charge is 0.270 e. The van der Waals surface area contributed by atoms with E-state index in [2.05, 4.69) is 20.3 Å². The van der Waals surface area contributed by atoms with Crippen LogP contribution >= 0.6 is 0 Å². The summed E-state index contributed by atoms with van der Waals surface area (Å²) in [5.41, 5.74) is 1.48. The summed E-state index contributed by atoms with van der Waals surface area (Å²) in [5.74, 6) is 1.35. The number of amides is 1. The van der Waals surface area contributed by atoms with E-state index in [0.29, 0.717) is 24.7 Å². The van der Waals surface area contributed by atoms with E-state index in [-0.39, 0.29) is 11.9 Å². The first-order chi connectivity index (χ1) is 11.7. The highest BCUT2D eigenvalue weighted by molar-refractivity contribution is 5.98. The minimum absolute atomic E-state index is 0.00260. The molecule has 122 valence electrons. The fraction of sp³-hybridized carbons (Fsp3) is 0.235. The summed E-state index contributed by atoms with van der Waals surface area (Å²) in [6, 6.07) is 9.54. The van der Waals surface area contributed by atoms with Crippen LogP contribution in [0.3, 0.4) is 0 Å². The molecule has 0 unspecified atom stereocenters. The van der Waals surface area contributed by atoms with Crippen LogP contribution in [-0.4, -0.2) is 52.0 Å². The SMILES string of the molecule is COc1ccc2cc(C(=O)N3CC(Nc4ncccn4)C3)[nH]c2c1. The predicted molar refractivity (Wildman–Crippen MR) is 90.2 cm³/mol. The minimum Gasteiger partial charge on any atom is -0.497 e. The van der Waals surface area contributed by atoms with E-state index < -0.39 is 0 Å². The summed E-state index contributed by atoms with van der Waals surface area (Å²) < 4.78 is 5.21. The summed E-state index contributed by atoms with van der Waals surface area (Å²) in [5, 5.41) is 4.21. The number of H-pyrrole nitrogens is 1. The molecule has 1 aliphatic heterocycles. The average Bonchev–Trinajstić information content (AvgIpc) is 3.01. The monoisotopic (exact) mass is 323 g/mol. The maximum atomic E-state index is 12.6. The van der Waals surface area contributed by atoms with Crippen LogP contribution < -0.4 is 10.1 Å². The lowest BCUT2D eigenvalue weighted by Crippen LogP contribution is -2.57. The van der Waals surface area contributed by atoms with Gasteiger partial charge in [-0.2, -0.15) is 0 Å². The van der Waals surface area contributed by atoms with E-state index in [1.54, 1.807) is 30.5 Å². The van der Waals surface area contributed by atoms with Crippen molar-refractivity contribution >= 4 is 22.8 Å². The first-order valence-corrected chi connectivity index (χ1v) is 7.72. The number of anilines is 1. The Morgan fingerprint density at radius 1 is 1.29 bits per heavy atom. The third-order valence-electron chi connectivity index (χ3n) is 4.13. The number of aromatic nitrogens is 3. The van der Waals surface area contributed by atoms with Crippen molar-refractivity contribution in [3.05, 3.63) is 48.4 Å². The molecular formula is C17H17N5O2. The summed E-state index contributed by atoms with van der Waals surface area (Å²) in [4.78, 5) is 25.8. The van der Waals surface area contributed by atoms with Crippen LogP contribution in [0.25, 0.3) is 10.9 Å². The van der Waals surface area contributed by atoms with Gasteiger partial charge in [-0.25, -0.2) is 9.97 Å². The van der Waals surface area contributed by atoms with Crippen molar-refractivity contribution in [3.63, 3.8) is 0 Å². The predicted octanol–water partition coefficient (Wildman–Crippen LogP) is 1.90. The van der Waals surface area contributed by atoms with Crippen LogP contribution in [-0.2, 0) is 0 Å². The highest BCUT2D eigenvalue weighted by Gasteiger charge is 2.32. The molecule has 0 radical (unpaired) electrons. The lowest BCUT2D eigenvalue weighted by molar-refractivity contribution is 0.0619. The number of rotatable bonds is 4. The summed E-state index contributed by atoms with van der Waals surface area (Å²) >= 11 is 0. The largest absolute Gasteiger partial charge is 0.497 e. The second-order valence-electron chi connectivity index (χ2n) is 5.76. The zero-order valence-electron chi connectivity index (χ0n) is 13.2. The van der Waals surface area contributed by atoms with Crippen molar-refractivity contribution < 1.29 is 9.53 Å². The number of fused-ring (bicyclic) bond motifs is 1. The van der Waals surface area contributed by atoms with Crippen LogP contribution in [0.15, 0.2) is 42.7 Å². The average molecular weight is 323 g/mol. The molecule has 0 atom stereocenters. The molecule has 0 saturated carbocycles. The van der Waals surface area contributed by atoms with Gasteiger partial charge in [0, 0.05) is 42.5 Å². The van der Waals surface area contributed by atoms with Crippen LogP contribution in [0.4, 0.5) is 5.95 Å². The summed E-state index contributed by atoms with van der Waals surface area (Å²) in [6.07, 6.45) is 3.38. The number of ether oxygens (including phenoxy) is 1. The second-order valence-corrected chi connectivity index (χ2v) is 5.76. The lowest BCUT2D eigenvalue weighted by Gasteiger charge is -2.39. The molecule has 1 amide bonds. The van der Waals surface area contributed by atoms with Crippen molar-refractivity contribution in [2.24, 2.45) is 0 Å². The number of benzene rings is 1. The molecule has 7 nitrogen and oxygen atoms in total. The number of nitrogens with one attached hydrogen (secondary N) is 2. The first-order valence-electron chi connectivity index (χ1n) is 7.72. The van der Waals surface area contributed by atoms with Gasteiger partial charge < -0.3 is 19.9 Å². The number of likely N-dealkylation sites (tertiary alicyclic amines) is 1. The van der Waals surface area contributed by atoms with Gasteiger partial charge >= 0.3 is 0 Å². The minimum atomic E-state index is -0.00260. The van der Waals surface area contributed by atoms with E-state index in [1.165, 1.54) is 0 Å². The Hall–Kier alpha value is -3.09. The quantitative estimate of drug-likeness (QED) is 0.766. The molecule has 7 heteroatoms. The number of nitrogens with zero attached hydrogens (tertiary/aromatic N) is 3. The maximum absolute atomic E-state index is 12.6. The van der Waals surface area contributed by atoms with Crippen molar-refractivity contribution in [2.45, 2.75) is 6.04 Å². The number of hydrogen-bond donors (Lipinski definition) is 2. The number of carbonyl (C=O) groups is 1. The van der Waals surface area contributed by atoms with Gasteiger partial charge in [0.2, 0.25) is 5.95 Å². The van der Waals surface area contributed by atoms with Crippen LogP contribution in [0.1, 0.15) is 10.5 Å². The van der Waals surface area contributed by atoms with E-state index in [0.717, 1.165) is 16.7 Å². The van der Waals surface area contributed by atoms with Crippen molar-refractivity contribution in [3.8, 4) is 5.75 Å². The highest BCUT2D eigenvalue weighted by Crippen LogP contribution is 2.23. The second kappa shape index (κ2) is 5.84. The van der Waals surface area contributed by atoms with E-state index in [1.807, 2.05) is 24.3 Å². The zero-order valence-corrected chi connectivity index (χ0v) is 13.2. The molecule has 3 aromatic rings. The van der Waals surface area contributed by atoms with Crippen molar-refractivity contribution in [1.82, 2.24) is 19.9 Å². The zero-order chi connectivity index (χ0) is 16.5. The Bertz CT molecular complexity index is 871. The molecule has 1 fully saturated rings. The summed E-state index contributed by atoms with van der Waals surface area (Å²) in [7, 11) is 1.62. The molecule has 0 bridgehead atoms. The van der Waals surface area contributed by atoms with E-state index in [9.17, 15) is 4.79 Å². The molecule has 0 spiro atoms. The van der Waals surface area contributed by atoms with Crippen molar-refractivity contribution in [2.75, 3.05) is 25.5 Å². The molecule has 3 heterocycles. The number of methoxy groups -OCH3 is 1. The Balaban J connectivity index is 1.42. The third kappa shape index (κ3) is 2.64. The van der Waals surface area contributed by atoms with Gasteiger partial charge in [-0.15, -0.1) is 0 Å². The van der Waals surface area contributed by atoms with Gasteiger partial charge in [0.1, 0.15) is 11.4 Å². The first kappa shape index (κ1) is 14.5. The van der Waals surface area contributed by atoms with E-state index in [4.69, 9.17) is 4.74 Å². The van der Waals surface area contributed by atoms with E-state index >= 15 is 0 Å². The molecule has 0 aliphatic carbocycles. The molecule has 2 aromatic heterocycles. The molecule has 1 aromatic carbocycles. The van der Waals surface area contributed by atoms with Gasteiger partial charge in [-0.05, 0) is 24.3 Å². The lowest BCUT2D eigenvalue weighted by atomic mass is 10.1. The Kier molecular flexibility index (Phi) is 3.53. The number of aromatic amines is 1. The van der Waals surface area contributed by atoms with Gasteiger partial charge in [0.05, 0.1) is 13.2 Å². The molecule has 4 rings (SSSR count). The Labute approximate surface area is 138 Å². The van der Waals surface area contributed by atoms with Crippen molar-refractivity contribution in [1.29, 1.82) is 0 Å². The fourth-order valence-corrected chi connectivity index (χ4v) is 2.81. The van der Waals surface area contributed by atoms with Gasteiger partial charge in [-0.1, -0.05) is 0 Å². The molecule has 2 N–H and O–H groups in total. The highest BCUT2D eigenvalue weighted by atomic mass is 16.5. The normalized spacial score (nSPS) is 14.5. The third-order valence-corrected chi connectivity index (χ3v) is 4.13. The summed E-state index contributed by atoms with van der Waals surface area (Å²) in [6.45, 7) is 1.27. The Morgan fingerprint density at radius 3 is 2.83 bits per heavy atom. The van der Waals surface area contributed by atoms with Crippen LogP contribution in [0.2, 0.25) is 0 Å². The standard InChI is InChI=1S/C17H17N5O2/c1-24-13-4-3-11-7-15(21-14(11)8-13)16(23)22-9-12(10-22)20-17-18-5-2-6-19-17/h2-8,12,21H,9-10H2,1H3,(H,18,19,20). The molecule has 1 aliphatic rings. The molecular weight excluding hydrogens is 306 g/mol. The molecule has 1 saturated heterocycles. The van der Waals surface area contributed by atoms with Gasteiger partial charge in [0.25, 0.3) is 5.91 Å². The van der Waals surface area contributed by atoms with Crippen LogP contribution in [0, 0.1) is 0 Å². The Morgan fingerprint density at radius 2 is 2.08 bits per heavy atom. The number of hydrogen-bond acceptors (Lipinski definition) is 5. The van der Waals surface area contributed by atoms with Crippen LogP contribution in [0.5, 0.6) is 5.75 Å². The fourth-order valence-electron chi connectivity index (χ4n) is 2.81. The van der Waals surface area contributed by atoms with Gasteiger partial charge in [0.15, 0.2) is 0 Å².